The predicted molar refractivity (Wildman–Crippen MR) is 195 cm³/mol. The van der Waals surface area contributed by atoms with Crippen LogP contribution >= 0.6 is 0 Å². The predicted octanol–water partition coefficient (Wildman–Crippen LogP) is 4.50. The second-order valence-corrected chi connectivity index (χ2v) is 36.0. The summed E-state index contributed by atoms with van der Waals surface area (Å²) >= 11 is 0. The number of ether oxygens (including phenoxy) is 1. The third-order valence-corrected chi connectivity index (χ3v) is 36.8. The lowest BCUT2D eigenvalue weighted by molar-refractivity contribution is -0.138. The Morgan fingerprint density at radius 2 is 0.771 bits per heavy atom. The third kappa shape index (κ3) is 13.3. The highest BCUT2D eigenvalue weighted by atomic mass is 28.5. The van der Waals surface area contributed by atoms with Gasteiger partial charge >= 0.3 is 66.6 Å². The SMILES string of the molecule is C=C(C)C(=O)OCCC[Si]1(C)O[Si](C)(CC[Si](OC)(OC)OC)O[Si](C)(CC[Si](OC)(OC)OC)O[Si](C)(CC[Si](OC)(OC)OC)O1. The van der Waals surface area contributed by atoms with Crippen LogP contribution in [0.15, 0.2) is 12.2 Å². The van der Waals surface area contributed by atoms with E-state index in [2.05, 4.69) is 6.58 Å². The maximum atomic E-state index is 12.1. The number of hydrogen-bond acceptors (Lipinski definition) is 15. The van der Waals surface area contributed by atoms with Gasteiger partial charge in [-0.15, -0.1) is 0 Å². The van der Waals surface area contributed by atoms with Crippen molar-refractivity contribution in [3.63, 3.8) is 0 Å². The lowest BCUT2D eigenvalue weighted by Crippen LogP contribution is -2.68. The van der Waals surface area contributed by atoms with Crippen molar-refractivity contribution in [2.24, 2.45) is 0 Å². The van der Waals surface area contributed by atoms with Crippen molar-refractivity contribution in [3.05, 3.63) is 12.2 Å². The summed E-state index contributed by atoms with van der Waals surface area (Å²) in [7, 11) is -7.13. The van der Waals surface area contributed by atoms with Gasteiger partial charge in [-0.25, -0.2) is 4.79 Å². The van der Waals surface area contributed by atoms with Crippen LogP contribution in [0.5, 0.6) is 0 Å². The summed E-state index contributed by atoms with van der Waals surface area (Å²) in [6, 6.07) is 3.45. The van der Waals surface area contributed by atoms with Crippen LogP contribution < -0.4 is 0 Å². The first-order valence-electron chi connectivity index (χ1n) is 15.9. The highest BCUT2D eigenvalue weighted by molar-refractivity contribution is 6.94. The highest BCUT2D eigenvalue weighted by Crippen LogP contribution is 2.41. The fourth-order valence-corrected chi connectivity index (χ4v) is 39.1. The zero-order valence-corrected chi connectivity index (χ0v) is 38.7. The Hall–Kier alpha value is 0.208. The molecule has 0 amide bonds. The summed E-state index contributed by atoms with van der Waals surface area (Å²) < 4.78 is 86.2. The maximum Gasteiger partial charge on any atom is 0.500 e. The average Bonchev–Trinajstić information content (AvgIpc) is 3.05. The van der Waals surface area contributed by atoms with E-state index in [1.165, 1.54) is 0 Å². The summed E-state index contributed by atoms with van der Waals surface area (Å²) in [6.45, 7) is 13.6. The van der Waals surface area contributed by atoms with E-state index in [0.717, 1.165) is 0 Å². The van der Waals surface area contributed by atoms with E-state index >= 15 is 0 Å². The molecule has 22 heteroatoms. The van der Waals surface area contributed by atoms with Crippen LogP contribution in [0.2, 0.25) is 68.5 Å². The van der Waals surface area contributed by atoms with Crippen LogP contribution in [-0.2, 0) is 65.8 Å². The molecule has 0 aromatic carbocycles. The Bertz CT molecular complexity index is 936. The number of hydrogen-bond donors (Lipinski definition) is 0. The molecule has 0 aliphatic carbocycles. The van der Waals surface area contributed by atoms with Crippen molar-refractivity contribution in [2.45, 2.75) is 81.8 Å². The van der Waals surface area contributed by atoms with Crippen molar-refractivity contribution < 1.29 is 65.8 Å². The van der Waals surface area contributed by atoms with Gasteiger partial charge in [0.1, 0.15) is 0 Å². The van der Waals surface area contributed by atoms with E-state index in [4.69, 9.17) is 61.0 Å². The van der Waals surface area contributed by atoms with Crippen molar-refractivity contribution in [1.29, 1.82) is 0 Å². The molecule has 284 valence electrons. The van der Waals surface area contributed by atoms with Gasteiger partial charge in [0.15, 0.2) is 0 Å². The lowest BCUT2D eigenvalue weighted by atomic mass is 10.4. The zero-order valence-electron chi connectivity index (χ0n) is 31.7. The maximum absolute atomic E-state index is 12.1. The first-order chi connectivity index (χ1) is 22.3. The molecule has 1 rings (SSSR count). The van der Waals surface area contributed by atoms with Gasteiger partial charge in [-0.2, -0.15) is 0 Å². The summed E-state index contributed by atoms with van der Waals surface area (Å²) in [5.41, 5.74) is 0.342. The van der Waals surface area contributed by atoms with Gasteiger partial charge in [-0.05, 0) is 63.7 Å². The molecule has 0 bridgehead atoms. The quantitative estimate of drug-likeness (QED) is 0.0618. The number of rotatable bonds is 23. The first kappa shape index (κ1) is 46.2. The third-order valence-electron chi connectivity index (χ3n) is 8.54. The second-order valence-electron chi connectivity index (χ2n) is 12.3. The molecule has 1 fully saturated rings. The Labute approximate surface area is 296 Å². The molecule has 2 unspecified atom stereocenters. The Balaban J connectivity index is 3.68. The molecule has 0 aromatic rings. The van der Waals surface area contributed by atoms with Crippen LogP contribution in [0.3, 0.4) is 0 Å². The first-order valence-corrected chi connectivity index (χ1v) is 31.8. The monoisotopic (exact) mass is 810 g/mol. The molecule has 0 spiro atoms. The van der Waals surface area contributed by atoms with Gasteiger partial charge in [-0.1, -0.05) is 6.58 Å². The summed E-state index contributed by atoms with van der Waals surface area (Å²) in [6.07, 6.45) is 0.523. The van der Waals surface area contributed by atoms with Gasteiger partial charge in [0.05, 0.1) is 6.61 Å². The van der Waals surface area contributed by atoms with Crippen LogP contribution in [0.1, 0.15) is 13.3 Å². The van der Waals surface area contributed by atoms with Gasteiger partial charge in [0.25, 0.3) is 0 Å². The molecule has 15 nitrogen and oxygen atoms in total. The van der Waals surface area contributed by atoms with E-state index in [1.807, 2.05) is 26.2 Å². The van der Waals surface area contributed by atoms with E-state index in [-0.39, 0.29) is 6.61 Å². The van der Waals surface area contributed by atoms with Crippen molar-refractivity contribution >= 4 is 66.6 Å². The minimum atomic E-state index is -3.13. The zero-order chi connectivity index (χ0) is 36.9. The molecule has 1 saturated heterocycles. The van der Waals surface area contributed by atoms with Crippen LogP contribution in [0.4, 0.5) is 0 Å². The molecule has 1 aliphatic rings. The molecule has 0 N–H and O–H groups in total. The normalized spacial score (nSPS) is 27.4. The molecular formula is C26H62O15Si7. The molecule has 0 saturated carbocycles. The van der Waals surface area contributed by atoms with Crippen LogP contribution in [-0.4, -0.2) is 137 Å². The molecule has 0 aromatic heterocycles. The van der Waals surface area contributed by atoms with Crippen molar-refractivity contribution in [3.8, 4) is 0 Å². The number of carbonyl (C=O) groups is 1. The van der Waals surface area contributed by atoms with Gasteiger partial charge in [0.2, 0.25) is 0 Å². The van der Waals surface area contributed by atoms with E-state index < -0.39 is 66.6 Å². The fraction of sp³-hybridized carbons (Fsp3) is 0.885. The second kappa shape index (κ2) is 19.9. The molecule has 1 heterocycles. The molecular weight excluding hydrogens is 749 g/mol. The van der Waals surface area contributed by atoms with Gasteiger partial charge < -0.3 is 61.0 Å². The molecule has 1 aliphatic heterocycles. The topological polar surface area (TPSA) is 146 Å². The minimum Gasteiger partial charge on any atom is -0.462 e. The minimum absolute atomic E-state index is 0.198. The van der Waals surface area contributed by atoms with E-state index in [1.54, 1.807) is 70.9 Å². The summed E-state index contributed by atoms with van der Waals surface area (Å²) in [5.74, 6) is -0.434. The standard InChI is InChI=1S/C26H62O15Si7/c1-25(2)26(27)37-17-16-18-42(12)38-43(13,19-22-46(28-3,29-4)30-5)40-45(15,21-24-48(34-9,35-10)36-11)41-44(14,39-42)20-23-47(31-6,32-7)33-8/h1,16-24H2,2-15H3. The molecule has 0 radical (unpaired) electrons. The fourth-order valence-electron chi connectivity index (χ4n) is 5.81. The Morgan fingerprint density at radius 1 is 0.521 bits per heavy atom. The number of esters is 1. The average molecular weight is 811 g/mol. The van der Waals surface area contributed by atoms with Gasteiger partial charge in [0, 0.05) is 87.7 Å². The smallest absolute Gasteiger partial charge is 0.462 e. The van der Waals surface area contributed by atoms with E-state index in [0.29, 0.717) is 54.3 Å². The molecule has 48 heavy (non-hydrogen) atoms. The largest absolute Gasteiger partial charge is 0.500 e. The summed E-state index contributed by atoms with van der Waals surface area (Å²) in [5, 5.41) is 0. The van der Waals surface area contributed by atoms with E-state index in [9.17, 15) is 4.79 Å². The Kier molecular flexibility index (Phi) is 19.1. The lowest BCUT2D eigenvalue weighted by Gasteiger charge is -2.51. The van der Waals surface area contributed by atoms with Crippen LogP contribution in [0.25, 0.3) is 0 Å². The summed E-state index contributed by atoms with van der Waals surface area (Å²) in [4.78, 5) is 12.1. The van der Waals surface area contributed by atoms with Crippen LogP contribution in [0, 0.1) is 0 Å². The Morgan fingerprint density at radius 3 is 1.00 bits per heavy atom. The van der Waals surface area contributed by atoms with Crippen molar-refractivity contribution in [2.75, 3.05) is 70.6 Å². The number of carbonyl (C=O) groups excluding carboxylic acids is 1. The van der Waals surface area contributed by atoms with Crippen molar-refractivity contribution in [1.82, 2.24) is 0 Å². The highest BCUT2D eigenvalue weighted by Gasteiger charge is 2.59. The van der Waals surface area contributed by atoms with Gasteiger partial charge in [-0.3, -0.25) is 0 Å². The molecule has 2 atom stereocenters.